The maximum atomic E-state index is 12.0. The van der Waals surface area contributed by atoms with E-state index in [1.165, 1.54) is 19.3 Å². The molecule has 1 saturated heterocycles. The molecular formula is C12H20ClNO. The molecule has 0 aromatic heterocycles. The molecule has 0 radical (unpaired) electrons. The molecule has 3 heteroatoms. The van der Waals surface area contributed by atoms with Gasteiger partial charge in [0.05, 0.1) is 0 Å². The van der Waals surface area contributed by atoms with E-state index >= 15 is 0 Å². The van der Waals surface area contributed by atoms with Gasteiger partial charge in [0.15, 0.2) is 0 Å². The lowest BCUT2D eigenvalue weighted by atomic mass is 9.82. The van der Waals surface area contributed by atoms with Crippen molar-refractivity contribution in [2.75, 3.05) is 12.4 Å². The van der Waals surface area contributed by atoms with Gasteiger partial charge in [-0.1, -0.05) is 13.3 Å². The SMILES string of the molecule is CC1CCN(C(=O)CC2CCC2)C1CCl. The Kier molecular flexibility index (Phi) is 3.55. The molecule has 86 valence electrons. The summed E-state index contributed by atoms with van der Waals surface area (Å²) in [5.74, 6) is 2.18. The van der Waals surface area contributed by atoms with Crippen molar-refractivity contribution in [3.63, 3.8) is 0 Å². The lowest BCUT2D eigenvalue weighted by Gasteiger charge is -2.30. The highest BCUT2D eigenvalue weighted by molar-refractivity contribution is 6.18. The Labute approximate surface area is 97.0 Å². The number of alkyl halides is 1. The smallest absolute Gasteiger partial charge is 0.223 e. The third-order valence-corrected chi connectivity index (χ3v) is 4.37. The van der Waals surface area contributed by atoms with Crippen molar-refractivity contribution in [3.05, 3.63) is 0 Å². The molecule has 1 aliphatic heterocycles. The van der Waals surface area contributed by atoms with Gasteiger partial charge in [-0.3, -0.25) is 4.79 Å². The van der Waals surface area contributed by atoms with Gasteiger partial charge in [-0.05, 0) is 31.1 Å². The van der Waals surface area contributed by atoms with Crippen LogP contribution < -0.4 is 0 Å². The van der Waals surface area contributed by atoms with Gasteiger partial charge < -0.3 is 4.90 Å². The summed E-state index contributed by atoms with van der Waals surface area (Å²) in [4.78, 5) is 14.1. The van der Waals surface area contributed by atoms with Crippen molar-refractivity contribution in [1.82, 2.24) is 4.90 Å². The molecule has 1 aliphatic carbocycles. The second kappa shape index (κ2) is 4.73. The van der Waals surface area contributed by atoms with E-state index in [-0.39, 0.29) is 0 Å². The van der Waals surface area contributed by atoms with Crippen molar-refractivity contribution >= 4 is 17.5 Å². The highest BCUT2D eigenvalue weighted by atomic mass is 35.5. The fourth-order valence-electron chi connectivity index (χ4n) is 2.61. The maximum Gasteiger partial charge on any atom is 0.223 e. The minimum absolute atomic E-state index is 0.291. The van der Waals surface area contributed by atoms with Crippen LogP contribution in [0.15, 0.2) is 0 Å². The fourth-order valence-corrected chi connectivity index (χ4v) is 3.09. The summed E-state index contributed by atoms with van der Waals surface area (Å²) >= 11 is 5.93. The van der Waals surface area contributed by atoms with Gasteiger partial charge >= 0.3 is 0 Å². The van der Waals surface area contributed by atoms with Crippen molar-refractivity contribution < 1.29 is 4.79 Å². The Morgan fingerprint density at radius 2 is 2.13 bits per heavy atom. The summed E-state index contributed by atoms with van der Waals surface area (Å²) < 4.78 is 0. The molecule has 1 heterocycles. The quantitative estimate of drug-likeness (QED) is 0.682. The highest BCUT2D eigenvalue weighted by Crippen LogP contribution is 2.32. The first-order valence-corrected chi connectivity index (χ1v) is 6.61. The average molecular weight is 230 g/mol. The zero-order valence-corrected chi connectivity index (χ0v) is 10.2. The van der Waals surface area contributed by atoms with Crippen LogP contribution in [0.5, 0.6) is 0 Å². The van der Waals surface area contributed by atoms with E-state index in [1.54, 1.807) is 0 Å². The number of carbonyl (C=O) groups is 1. The summed E-state index contributed by atoms with van der Waals surface area (Å²) in [6.07, 6.45) is 5.70. The fraction of sp³-hybridized carbons (Fsp3) is 0.917. The van der Waals surface area contributed by atoms with E-state index in [0.29, 0.717) is 29.7 Å². The first kappa shape index (κ1) is 11.3. The van der Waals surface area contributed by atoms with Gasteiger partial charge in [0.2, 0.25) is 5.91 Å². The summed E-state index contributed by atoms with van der Waals surface area (Å²) in [5, 5.41) is 0. The molecule has 0 aromatic rings. The Bertz CT molecular complexity index is 240. The summed E-state index contributed by atoms with van der Waals surface area (Å²) in [6.45, 7) is 3.12. The number of halogens is 1. The summed E-state index contributed by atoms with van der Waals surface area (Å²) in [6, 6.07) is 0.291. The molecule has 2 nitrogen and oxygen atoms in total. The van der Waals surface area contributed by atoms with Crippen molar-refractivity contribution in [1.29, 1.82) is 0 Å². The number of rotatable bonds is 3. The number of amides is 1. The van der Waals surface area contributed by atoms with Crippen LogP contribution in [0, 0.1) is 11.8 Å². The molecule has 0 spiro atoms. The summed E-state index contributed by atoms with van der Waals surface area (Å²) in [5.41, 5.74) is 0. The predicted molar refractivity (Wildman–Crippen MR) is 62.0 cm³/mol. The van der Waals surface area contributed by atoms with E-state index in [0.717, 1.165) is 19.4 Å². The second-order valence-corrected chi connectivity index (χ2v) is 5.38. The van der Waals surface area contributed by atoms with Crippen molar-refractivity contribution in [2.45, 2.75) is 45.1 Å². The lowest BCUT2D eigenvalue weighted by molar-refractivity contribution is -0.133. The molecular weight excluding hydrogens is 210 g/mol. The van der Waals surface area contributed by atoms with Crippen LogP contribution in [-0.4, -0.2) is 29.3 Å². The van der Waals surface area contributed by atoms with Crippen molar-refractivity contribution in [3.8, 4) is 0 Å². The van der Waals surface area contributed by atoms with Crippen LogP contribution >= 0.6 is 11.6 Å². The van der Waals surface area contributed by atoms with Gasteiger partial charge in [0.25, 0.3) is 0 Å². The van der Waals surface area contributed by atoms with Gasteiger partial charge in [-0.2, -0.15) is 0 Å². The van der Waals surface area contributed by atoms with Gasteiger partial charge in [0.1, 0.15) is 0 Å². The topological polar surface area (TPSA) is 20.3 Å². The molecule has 2 unspecified atom stereocenters. The molecule has 0 bridgehead atoms. The number of likely N-dealkylation sites (tertiary alicyclic amines) is 1. The van der Waals surface area contributed by atoms with E-state index in [2.05, 4.69) is 6.92 Å². The number of nitrogens with zero attached hydrogens (tertiary/aromatic N) is 1. The Morgan fingerprint density at radius 1 is 1.40 bits per heavy atom. The van der Waals surface area contributed by atoms with E-state index in [1.807, 2.05) is 4.90 Å². The van der Waals surface area contributed by atoms with Gasteiger partial charge in [0, 0.05) is 24.9 Å². The standard InChI is InChI=1S/C12H20ClNO/c1-9-5-6-14(11(9)8-13)12(15)7-10-3-2-4-10/h9-11H,2-8H2,1H3. The minimum Gasteiger partial charge on any atom is -0.338 e. The molecule has 0 aromatic carbocycles. The number of hydrogen-bond acceptors (Lipinski definition) is 1. The van der Waals surface area contributed by atoms with Crippen molar-refractivity contribution in [2.24, 2.45) is 11.8 Å². The normalized spacial score (nSPS) is 31.7. The molecule has 2 atom stereocenters. The van der Waals surface area contributed by atoms with Gasteiger partial charge in [-0.15, -0.1) is 11.6 Å². The minimum atomic E-state index is 0.291. The zero-order valence-electron chi connectivity index (χ0n) is 9.42. The monoisotopic (exact) mass is 229 g/mol. The zero-order chi connectivity index (χ0) is 10.8. The number of hydrogen-bond donors (Lipinski definition) is 0. The second-order valence-electron chi connectivity index (χ2n) is 5.08. The highest BCUT2D eigenvalue weighted by Gasteiger charge is 2.34. The van der Waals surface area contributed by atoms with Crippen LogP contribution in [-0.2, 0) is 4.79 Å². The Hall–Kier alpha value is -0.240. The van der Waals surface area contributed by atoms with E-state index in [9.17, 15) is 4.79 Å². The van der Waals surface area contributed by atoms with Gasteiger partial charge in [-0.25, -0.2) is 0 Å². The Morgan fingerprint density at radius 3 is 2.67 bits per heavy atom. The first-order chi connectivity index (χ1) is 7.22. The Balaban J connectivity index is 1.88. The van der Waals surface area contributed by atoms with Crippen LogP contribution in [0.2, 0.25) is 0 Å². The lowest BCUT2D eigenvalue weighted by Crippen LogP contribution is -2.40. The molecule has 2 rings (SSSR count). The van der Waals surface area contributed by atoms with Crippen LogP contribution in [0.25, 0.3) is 0 Å². The largest absolute Gasteiger partial charge is 0.338 e. The molecule has 1 amide bonds. The van der Waals surface area contributed by atoms with Crippen LogP contribution in [0.4, 0.5) is 0 Å². The molecule has 15 heavy (non-hydrogen) atoms. The molecule has 2 fully saturated rings. The summed E-state index contributed by atoms with van der Waals surface area (Å²) in [7, 11) is 0. The van der Waals surface area contributed by atoms with E-state index < -0.39 is 0 Å². The van der Waals surface area contributed by atoms with Crippen LogP contribution in [0.1, 0.15) is 39.0 Å². The van der Waals surface area contributed by atoms with Crippen LogP contribution in [0.3, 0.4) is 0 Å². The molecule has 1 saturated carbocycles. The first-order valence-electron chi connectivity index (χ1n) is 6.07. The maximum absolute atomic E-state index is 12.0. The molecule has 2 aliphatic rings. The average Bonchev–Trinajstić information content (AvgIpc) is 2.52. The van der Waals surface area contributed by atoms with E-state index in [4.69, 9.17) is 11.6 Å². The third kappa shape index (κ3) is 2.30. The molecule has 0 N–H and O–H groups in total. The third-order valence-electron chi connectivity index (χ3n) is 4.05. The number of carbonyl (C=O) groups excluding carboxylic acids is 1. The predicted octanol–water partition coefficient (Wildman–Crippen LogP) is 2.65.